The second-order valence-electron chi connectivity index (χ2n) is 4.65. The number of nitrogens with two attached hydrogens (primary N) is 1. The molecule has 0 aliphatic heterocycles. The van der Waals surface area contributed by atoms with E-state index >= 15 is 0 Å². The molecule has 2 N–H and O–H groups in total. The molecule has 0 saturated heterocycles. The molecule has 0 spiro atoms. The third-order valence-electron chi connectivity index (χ3n) is 3.25. The lowest BCUT2D eigenvalue weighted by Crippen LogP contribution is -2.03. The number of anilines is 1. The van der Waals surface area contributed by atoms with Crippen molar-refractivity contribution in [2.75, 3.05) is 5.73 Å². The van der Waals surface area contributed by atoms with Gasteiger partial charge in [0.15, 0.2) is 0 Å². The van der Waals surface area contributed by atoms with Gasteiger partial charge in [-0.25, -0.2) is 0 Å². The van der Waals surface area contributed by atoms with Crippen LogP contribution in [0.5, 0.6) is 5.75 Å². The molecule has 2 rings (SSSR count). The van der Waals surface area contributed by atoms with Crippen molar-refractivity contribution in [3.8, 4) is 5.75 Å². The first-order valence-electron chi connectivity index (χ1n) is 6.12. The highest BCUT2D eigenvalue weighted by molar-refractivity contribution is 5.56. The first kappa shape index (κ1) is 12.5. The summed E-state index contributed by atoms with van der Waals surface area (Å²) in [6.07, 6.45) is 0. The molecule has 0 unspecified atom stereocenters. The maximum atomic E-state index is 5.94. The van der Waals surface area contributed by atoms with Crippen LogP contribution in [0.2, 0.25) is 0 Å². The van der Waals surface area contributed by atoms with Crippen LogP contribution in [0.15, 0.2) is 36.4 Å². The van der Waals surface area contributed by atoms with Crippen molar-refractivity contribution in [3.05, 3.63) is 58.7 Å². The lowest BCUT2D eigenvalue weighted by atomic mass is 10.0. The van der Waals surface area contributed by atoms with Gasteiger partial charge in [-0.2, -0.15) is 0 Å². The number of aryl methyl sites for hydroxylation is 3. The van der Waals surface area contributed by atoms with E-state index in [4.69, 9.17) is 10.5 Å². The lowest BCUT2D eigenvalue weighted by molar-refractivity contribution is 0.304. The molecule has 94 valence electrons. The molecule has 0 fully saturated rings. The topological polar surface area (TPSA) is 35.2 Å². The van der Waals surface area contributed by atoms with Crippen LogP contribution in [-0.2, 0) is 6.61 Å². The SMILES string of the molecule is Cc1cccc(C)c1COc1c(C)cccc1N. The third-order valence-corrected chi connectivity index (χ3v) is 3.25. The highest BCUT2D eigenvalue weighted by atomic mass is 16.5. The average molecular weight is 241 g/mol. The Bertz CT molecular complexity index is 469. The van der Waals surface area contributed by atoms with Crippen LogP contribution in [-0.4, -0.2) is 0 Å². The number of nitrogen functional groups attached to an aromatic ring is 1. The molecule has 2 nitrogen and oxygen atoms in total. The third kappa shape index (κ3) is 2.48. The van der Waals surface area contributed by atoms with Crippen LogP contribution >= 0.6 is 0 Å². The molecule has 0 aromatic heterocycles. The fourth-order valence-electron chi connectivity index (χ4n) is 2.09. The van der Waals surface area contributed by atoms with E-state index in [1.807, 2.05) is 25.1 Å². The number of ether oxygens (including phenoxy) is 1. The molecule has 0 heterocycles. The molecular formula is C16H19NO. The van der Waals surface area contributed by atoms with Gasteiger partial charge in [-0.1, -0.05) is 30.3 Å². The Hall–Kier alpha value is -1.96. The molecule has 0 bridgehead atoms. The molecule has 18 heavy (non-hydrogen) atoms. The number of hydrogen-bond donors (Lipinski definition) is 1. The van der Waals surface area contributed by atoms with Crippen molar-refractivity contribution in [2.45, 2.75) is 27.4 Å². The van der Waals surface area contributed by atoms with Crippen LogP contribution in [0.25, 0.3) is 0 Å². The van der Waals surface area contributed by atoms with Gasteiger partial charge in [0.25, 0.3) is 0 Å². The van der Waals surface area contributed by atoms with Crippen molar-refractivity contribution in [2.24, 2.45) is 0 Å². The summed E-state index contributed by atoms with van der Waals surface area (Å²) >= 11 is 0. The summed E-state index contributed by atoms with van der Waals surface area (Å²) in [5.41, 5.74) is 11.4. The van der Waals surface area contributed by atoms with E-state index in [1.54, 1.807) is 0 Å². The van der Waals surface area contributed by atoms with Gasteiger partial charge in [0.1, 0.15) is 12.4 Å². The largest absolute Gasteiger partial charge is 0.486 e. The van der Waals surface area contributed by atoms with Crippen molar-refractivity contribution < 1.29 is 4.74 Å². The maximum absolute atomic E-state index is 5.94. The van der Waals surface area contributed by atoms with Gasteiger partial charge >= 0.3 is 0 Å². The highest BCUT2D eigenvalue weighted by Gasteiger charge is 2.07. The van der Waals surface area contributed by atoms with Gasteiger partial charge in [0.05, 0.1) is 5.69 Å². The van der Waals surface area contributed by atoms with Gasteiger partial charge in [-0.05, 0) is 49.1 Å². The smallest absolute Gasteiger partial charge is 0.145 e. The van der Waals surface area contributed by atoms with E-state index in [1.165, 1.54) is 16.7 Å². The Morgan fingerprint density at radius 3 is 2.06 bits per heavy atom. The fourth-order valence-corrected chi connectivity index (χ4v) is 2.09. The summed E-state index contributed by atoms with van der Waals surface area (Å²) in [4.78, 5) is 0. The number of benzene rings is 2. The molecule has 2 aromatic rings. The van der Waals surface area contributed by atoms with Crippen LogP contribution in [0.1, 0.15) is 22.3 Å². The lowest BCUT2D eigenvalue weighted by Gasteiger charge is -2.14. The minimum absolute atomic E-state index is 0.563. The standard InChI is InChI=1S/C16H19NO/c1-11-6-4-7-12(2)14(11)10-18-16-13(3)8-5-9-15(16)17/h4-9H,10,17H2,1-3H3. The Kier molecular flexibility index (Phi) is 3.56. The fraction of sp³-hybridized carbons (Fsp3) is 0.250. The predicted octanol–water partition coefficient (Wildman–Crippen LogP) is 3.77. The summed E-state index contributed by atoms with van der Waals surface area (Å²) in [5.74, 6) is 0.792. The Morgan fingerprint density at radius 2 is 1.44 bits per heavy atom. The van der Waals surface area contributed by atoms with Crippen LogP contribution < -0.4 is 10.5 Å². The van der Waals surface area contributed by atoms with Gasteiger partial charge < -0.3 is 10.5 Å². The Morgan fingerprint density at radius 1 is 0.889 bits per heavy atom. The first-order valence-corrected chi connectivity index (χ1v) is 6.12. The van der Waals surface area contributed by atoms with E-state index in [0.717, 1.165) is 11.3 Å². The highest BCUT2D eigenvalue weighted by Crippen LogP contribution is 2.27. The van der Waals surface area contributed by atoms with Crippen molar-refractivity contribution in [3.63, 3.8) is 0 Å². The maximum Gasteiger partial charge on any atom is 0.145 e. The van der Waals surface area contributed by atoms with Crippen molar-refractivity contribution in [1.82, 2.24) is 0 Å². The zero-order valence-corrected chi connectivity index (χ0v) is 11.2. The normalized spacial score (nSPS) is 10.4. The van der Waals surface area contributed by atoms with Crippen LogP contribution in [0.3, 0.4) is 0 Å². The monoisotopic (exact) mass is 241 g/mol. The zero-order chi connectivity index (χ0) is 13.1. The van der Waals surface area contributed by atoms with Gasteiger partial charge in [0.2, 0.25) is 0 Å². The van der Waals surface area contributed by atoms with Gasteiger partial charge in [0, 0.05) is 0 Å². The molecule has 0 saturated carbocycles. The average Bonchev–Trinajstić information content (AvgIpc) is 2.31. The Balaban J connectivity index is 2.22. The minimum Gasteiger partial charge on any atom is -0.486 e. The Labute approximate surface area is 108 Å². The molecule has 0 aliphatic rings. The van der Waals surface area contributed by atoms with Crippen LogP contribution in [0.4, 0.5) is 5.69 Å². The minimum atomic E-state index is 0.563. The summed E-state index contributed by atoms with van der Waals surface area (Å²) in [6, 6.07) is 12.1. The summed E-state index contributed by atoms with van der Waals surface area (Å²) in [7, 11) is 0. The van der Waals surface area contributed by atoms with E-state index in [-0.39, 0.29) is 0 Å². The second-order valence-corrected chi connectivity index (χ2v) is 4.65. The van der Waals surface area contributed by atoms with E-state index in [2.05, 4.69) is 32.0 Å². The van der Waals surface area contributed by atoms with E-state index in [0.29, 0.717) is 12.3 Å². The van der Waals surface area contributed by atoms with Crippen LogP contribution in [0, 0.1) is 20.8 Å². The summed E-state index contributed by atoms with van der Waals surface area (Å²) in [6.45, 7) is 6.78. The summed E-state index contributed by atoms with van der Waals surface area (Å²) in [5, 5.41) is 0. The zero-order valence-electron chi connectivity index (χ0n) is 11.2. The number of rotatable bonds is 3. The van der Waals surface area contributed by atoms with Crippen molar-refractivity contribution >= 4 is 5.69 Å². The molecule has 0 atom stereocenters. The van der Waals surface area contributed by atoms with Gasteiger partial charge in [-0.15, -0.1) is 0 Å². The van der Waals surface area contributed by atoms with Gasteiger partial charge in [-0.3, -0.25) is 0 Å². The molecule has 0 radical (unpaired) electrons. The molecule has 2 aromatic carbocycles. The number of para-hydroxylation sites is 1. The van der Waals surface area contributed by atoms with Crippen molar-refractivity contribution in [1.29, 1.82) is 0 Å². The first-order chi connectivity index (χ1) is 8.59. The number of hydrogen-bond acceptors (Lipinski definition) is 2. The quantitative estimate of drug-likeness (QED) is 0.830. The predicted molar refractivity (Wildman–Crippen MR) is 75.8 cm³/mol. The second kappa shape index (κ2) is 5.13. The van der Waals surface area contributed by atoms with E-state index < -0.39 is 0 Å². The van der Waals surface area contributed by atoms with E-state index in [9.17, 15) is 0 Å². The molecule has 0 aliphatic carbocycles. The summed E-state index contributed by atoms with van der Waals surface area (Å²) < 4.78 is 5.89. The molecular weight excluding hydrogens is 222 g/mol. The molecule has 0 amide bonds. The molecule has 2 heteroatoms.